The number of carbonyl (C=O) groups excluding carboxylic acids is 3. The number of amides is 4. The topological polar surface area (TPSA) is 84.9 Å². The number of barbiturate groups is 1. The zero-order chi connectivity index (χ0) is 28.1. The van der Waals surface area contributed by atoms with Crippen LogP contribution in [-0.2, 0) is 22.8 Å². The largest absolute Gasteiger partial charge is 0.489 e. The molecule has 1 fully saturated rings. The molecule has 40 heavy (non-hydrogen) atoms. The predicted molar refractivity (Wildman–Crippen MR) is 156 cm³/mol. The molecule has 0 aromatic heterocycles. The standard InChI is InChI=1S/C31H22BrClN2O5/c32-27-17-22(8-15-28(27)40-19-21-6-9-23(33)10-7-21)16-26-29(36)34-31(38)35(30(26)37)24-11-13-25(14-12-24)39-18-20-4-2-1-3-5-20/h1-17H,18-19H2,(H,34,36,38)/b26-16+. The van der Waals surface area contributed by atoms with E-state index in [1.807, 2.05) is 42.5 Å². The zero-order valence-electron chi connectivity index (χ0n) is 21.0. The summed E-state index contributed by atoms with van der Waals surface area (Å²) in [5, 5.41) is 2.89. The average Bonchev–Trinajstić information content (AvgIpc) is 2.96. The number of carbonyl (C=O) groups is 3. The van der Waals surface area contributed by atoms with Crippen molar-refractivity contribution in [3.8, 4) is 11.5 Å². The number of anilines is 1. The van der Waals surface area contributed by atoms with E-state index >= 15 is 0 Å². The van der Waals surface area contributed by atoms with Crippen molar-refractivity contribution in [2.75, 3.05) is 4.90 Å². The third-order valence-corrected chi connectivity index (χ3v) is 6.89. The van der Waals surface area contributed by atoms with Crippen molar-refractivity contribution in [2.24, 2.45) is 0 Å². The van der Waals surface area contributed by atoms with Crippen molar-refractivity contribution in [1.29, 1.82) is 0 Å². The van der Waals surface area contributed by atoms with E-state index in [9.17, 15) is 14.4 Å². The number of rotatable bonds is 8. The lowest BCUT2D eigenvalue weighted by molar-refractivity contribution is -0.122. The Morgan fingerprint density at radius 1 is 0.800 bits per heavy atom. The summed E-state index contributed by atoms with van der Waals surface area (Å²) in [6, 6.07) is 27.9. The number of ether oxygens (including phenoxy) is 2. The smallest absolute Gasteiger partial charge is 0.335 e. The highest BCUT2D eigenvalue weighted by molar-refractivity contribution is 9.10. The summed E-state index contributed by atoms with van der Waals surface area (Å²) in [6.45, 7) is 0.718. The van der Waals surface area contributed by atoms with Crippen LogP contribution < -0.4 is 19.7 Å². The quantitative estimate of drug-likeness (QED) is 0.171. The van der Waals surface area contributed by atoms with Crippen molar-refractivity contribution in [1.82, 2.24) is 5.32 Å². The maximum Gasteiger partial charge on any atom is 0.335 e. The third kappa shape index (κ3) is 6.42. The average molecular weight is 618 g/mol. The molecule has 4 amide bonds. The molecule has 5 rings (SSSR count). The van der Waals surface area contributed by atoms with Crippen LogP contribution in [0.25, 0.3) is 6.08 Å². The van der Waals surface area contributed by atoms with Crippen molar-refractivity contribution in [3.63, 3.8) is 0 Å². The van der Waals surface area contributed by atoms with Gasteiger partial charge in [-0.15, -0.1) is 0 Å². The highest BCUT2D eigenvalue weighted by Gasteiger charge is 2.36. The van der Waals surface area contributed by atoms with Crippen LogP contribution in [0, 0.1) is 0 Å². The van der Waals surface area contributed by atoms with Gasteiger partial charge >= 0.3 is 6.03 Å². The number of halogens is 2. The van der Waals surface area contributed by atoms with Gasteiger partial charge < -0.3 is 9.47 Å². The Labute approximate surface area is 244 Å². The van der Waals surface area contributed by atoms with E-state index in [4.69, 9.17) is 21.1 Å². The van der Waals surface area contributed by atoms with E-state index in [2.05, 4.69) is 21.2 Å². The third-order valence-electron chi connectivity index (χ3n) is 6.02. The van der Waals surface area contributed by atoms with Gasteiger partial charge in [0.1, 0.15) is 30.3 Å². The lowest BCUT2D eigenvalue weighted by Gasteiger charge is -2.26. The molecule has 9 heteroatoms. The fraction of sp³-hybridized carbons (Fsp3) is 0.0645. The lowest BCUT2D eigenvalue weighted by atomic mass is 10.1. The Morgan fingerprint density at radius 2 is 1.48 bits per heavy atom. The van der Waals surface area contributed by atoms with Gasteiger partial charge in [0.2, 0.25) is 0 Å². The van der Waals surface area contributed by atoms with E-state index in [0.29, 0.717) is 45.5 Å². The second-order valence-corrected chi connectivity index (χ2v) is 10.1. The molecule has 4 aromatic carbocycles. The molecule has 1 saturated heterocycles. The highest BCUT2D eigenvalue weighted by Crippen LogP contribution is 2.29. The summed E-state index contributed by atoms with van der Waals surface area (Å²) < 4.78 is 12.3. The second-order valence-electron chi connectivity index (χ2n) is 8.83. The predicted octanol–water partition coefficient (Wildman–Crippen LogP) is 6.93. The van der Waals surface area contributed by atoms with Crippen LogP contribution in [0.1, 0.15) is 16.7 Å². The molecule has 1 aliphatic heterocycles. The van der Waals surface area contributed by atoms with Gasteiger partial charge in [0.15, 0.2) is 0 Å². The van der Waals surface area contributed by atoms with E-state index < -0.39 is 17.8 Å². The minimum absolute atomic E-state index is 0.175. The molecule has 0 saturated carbocycles. The normalized spacial score (nSPS) is 14.3. The first-order valence-corrected chi connectivity index (χ1v) is 13.4. The van der Waals surface area contributed by atoms with Crippen LogP contribution in [0.5, 0.6) is 11.5 Å². The van der Waals surface area contributed by atoms with Crippen molar-refractivity contribution < 1.29 is 23.9 Å². The summed E-state index contributed by atoms with van der Waals surface area (Å²) in [4.78, 5) is 39.4. The molecule has 0 unspecified atom stereocenters. The first-order chi connectivity index (χ1) is 19.4. The Hall–Kier alpha value is -4.40. The molecule has 7 nitrogen and oxygen atoms in total. The summed E-state index contributed by atoms with van der Waals surface area (Å²) in [5.41, 5.74) is 2.67. The van der Waals surface area contributed by atoms with Crippen molar-refractivity contribution in [3.05, 3.63) is 129 Å². The van der Waals surface area contributed by atoms with Crippen LogP contribution in [-0.4, -0.2) is 17.8 Å². The molecule has 0 aliphatic carbocycles. The maximum absolute atomic E-state index is 13.3. The summed E-state index contributed by atoms with van der Waals surface area (Å²) >= 11 is 9.41. The van der Waals surface area contributed by atoms with E-state index in [-0.39, 0.29) is 5.57 Å². The van der Waals surface area contributed by atoms with Crippen molar-refractivity contribution in [2.45, 2.75) is 13.2 Å². The molecule has 0 atom stereocenters. The Bertz CT molecular complexity index is 1590. The summed E-state index contributed by atoms with van der Waals surface area (Å²) in [6.07, 6.45) is 1.43. The Kier molecular flexibility index (Phi) is 8.28. The van der Waals surface area contributed by atoms with Crippen LogP contribution >= 0.6 is 27.5 Å². The number of nitrogens with one attached hydrogen (secondary N) is 1. The molecule has 1 aliphatic rings. The minimum atomic E-state index is -0.822. The molecular weight excluding hydrogens is 596 g/mol. The molecular formula is C31H22BrClN2O5. The van der Waals surface area contributed by atoms with Crippen LogP contribution in [0.2, 0.25) is 5.02 Å². The zero-order valence-corrected chi connectivity index (χ0v) is 23.3. The maximum atomic E-state index is 13.3. The molecule has 1 heterocycles. The molecule has 0 spiro atoms. The van der Waals surface area contributed by atoms with Gasteiger partial charge in [0, 0.05) is 5.02 Å². The number of imide groups is 2. The van der Waals surface area contributed by atoms with Gasteiger partial charge in [0.05, 0.1) is 10.2 Å². The van der Waals surface area contributed by atoms with Gasteiger partial charge in [-0.05, 0) is 87.2 Å². The molecule has 0 radical (unpaired) electrons. The van der Waals surface area contributed by atoms with Gasteiger partial charge in [0.25, 0.3) is 11.8 Å². The second kappa shape index (κ2) is 12.2. The number of benzene rings is 4. The minimum Gasteiger partial charge on any atom is -0.489 e. The monoisotopic (exact) mass is 616 g/mol. The van der Waals surface area contributed by atoms with Gasteiger partial charge in [-0.1, -0.05) is 60.1 Å². The van der Waals surface area contributed by atoms with Gasteiger partial charge in [-0.25, -0.2) is 9.69 Å². The highest BCUT2D eigenvalue weighted by atomic mass is 79.9. The van der Waals surface area contributed by atoms with E-state index in [1.165, 1.54) is 6.08 Å². The van der Waals surface area contributed by atoms with Gasteiger partial charge in [-0.2, -0.15) is 0 Å². The molecule has 200 valence electrons. The number of hydrogen-bond acceptors (Lipinski definition) is 5. The Balaban J connectivity index is 1.29. The Morgan fingerprint density at radius 3 is 2.17 bits per heavy atom. The fourth-order valence-electron chi connectivity index (χ4n) is 3.96. The fourth-order valence-corrected chi connectivity index (χ4v) is 4.59. The number of hydrogen-bond donors (Lipinski definition) is 1. The van der Waals surface area contributed by atoms with E-state index in [1.54, 1.807) is 54.6 Å². The SMILES string of the molecule is O=C1NC(=O)N(c2ccc(OCc3ccccc3)cc2)C(=O)/C1=C/c1ccc(OCc2ccc(Cl)cc2)c(Br)c1. The van der Waals surface area contributed by atoms with Crippen LogP contribution in [0.4, 0.5) is 10.5 Å². The van der Waals surface area contributed by atoms with Gasteiger partial charge in [-0.3, -0.25) is 14.9 Å². The number of nitrogens with zero attached hydrogens (tertiary/aromatic N) is 1. The van der Waals surface area contributed by atoms with E-state index in [0.717, 1.165) is 16.0 Å². The lowest BCUT2D eigenvalue weighted by Crippen LogP contribution is -2.54. The molecule has 0 bridgehead atoms. The first kappa shape index (κ1) is 27.2. The molecule has 1 N–H and O–H groups in total. The van der Waals surface area contributed by atoms with Crippen molar-refractivity contribution >= 4 is 57.1 Å². The number of urea groups is 1. The summed E-state index contributed by atoms with van der Waals surface area (Å²) in [5.74, 6) is -0.338. The first-order valence-electron chi connectivity index (χ1n) is 12.2. The van der Waals surface area contributed by atoms with Crippen LogP contribution in [0.3, 0.4) is 0 Å². The van der Waals surface area contributed by atoms with Crippen LogP contribution in [0.15, 0.2) is 107 Å². The molecule has 4 aromatic rings. The summed E-state index contributed by atoms with van der Waals surface area (Å²) in [7, 11) is 0.